The number of benzene rings is 2. The Labute approximate surface area is 251 Å². The number of hydrogen-bond donors (Lipinski definition) is 3. The number of carboxylic acids is 1. The van der Waals surface area contributed by atoms with Crippen molar-refractivity contribution in [2.45, 2.75) is 37.8 Å². The van der Waals surface area contributed by atoms with Gasteiger partial charge in [0.05, 0.1) is 13.4 Å². The van der Waals surface area contributed by atoms with Crippen LogP contribution in [-0.4, -0.2) is 81.5 Å². The summed E-state index contributed by atoms with van der Waals surface area (Å²) in [5, 5.41) is 15.1. The molecule has 2 amide bonds. The van der Waals surface area contributed by atoms with Crippen LogP contribution in [0, 0.1) is 0 Å². The highest BCUT2D eigenvalue weighted by Crippen LogP contribution is 2.42. The molecule has 0 saturated carbocycles. The summed E-state index contributed by atoms with van der Waals surface area (Å²) >= 11 is 0. The van der Waals surface area contributed by atoms with Crippen LogP contribution in [-0.2, 0) is 14.2 Å². The first-order chi connectivity index (χ1) is 21.5. The molecule has 14 nitrogen and oxygen atoms in total. The molecule has 2 saturated heterocycles. The summed E-state index contributed by atoms with van der Waals surface area (Å²) in [5.41, 5.74) is 1.69. The highest BCUT2D eigenvalue weighted by molar-refractivity contribution is 5.95. The average Bonchev–Trinajstić information content (AvgIpc) is 3.74. The summed E-state index contributed by atoms with van der Waals surface area (Å²) < 4.78 is 32.1. The summed E-state index contributed by atoms with van der Waals surface area (Å²) in [4.78, 5) is 37.1. The zero-order valence-corrected chi connectivity index (χ0v) is 23.8. The molecule has 4 unspecified atom stereocenters. The van der Waals surface area contributed by atoms with Gasteiger partial charge in [-0.15, -0.1) is 0 Å². The number of carboxylic acid groups (broad SMARTS) is 1. The fourth-order valence-corrected chi connectivity index (χ4v) is 5.16. The highest BCUT2D eigenvalue weighted by Gasteiger charge is 2.53. The van der Waals surface area contributed by atoms with Gasteiger partial charge in [0.1, 0.15) is 36.8 Å². The summed E-state index contributed by atoms with van der Waals surface area (Å²) in [6.07, 6.45) is 3.23. The number of urea groups is 1. The van der Waals surface area contributed by atoms with E-state index in [1.54, 1.807) is 23.6 Å². The normalized spacial score (nSPS) is 22.6. The second kappa shape index (κ2) is 12.7. The molecule has 4 heterocycles. The number of carbonyl (C=O) groups excluding carboxylic acids is 1. The molecule has 0 aliphatic carbocycles. The van der Waals surface area contributed by atoms with Crippen molar-refractivity contribution in [3.8, 4) is 11.5 Å². The number of rotatable bonds is 10. The van der Waals surface area contributed by atoms with Gasteiger partial charge < -0.3 is 34.1 Å². The predicted octanol–water partition coefficient (Wildman–Crippen LogP) is 3.47. The number of aromatic nitrogens is 4. The number of ether oxygens (including phenoxy) is 5. The third-order valence-electron chi connectivity index (χ3n) is 7.14. The number of amides is 2. The minimum absolute atomic E-state index is 0.0489. The molecule has 2 aliphatic heterocycles. The second-order valence-corrected chi connectivity index (χ2v) is 9.89. The SMILES string of the molecule is CCNC(=O)Nc1ncnc2c1ncn2C1OC(COc2c(OC)cccc2C(=O)O)C2O[C@H](C=Cc3ccccc3)OC21. The first-order valence-corrected chi connectivity index (χ1v) is 13.9. The van der Waals surface area contributed by atoms with E-state index in [-0.39, 0.29) is 29.5 Å². The van der Waals surface area contributed by atoms with Crippen LogP contribution in [0.4, 0.5) is 10.6 Å². The number of aromatic carboxylic acids is 1. The van der Waals surface area contributed by atoms with Gasteiger partial charge in [-0.3, -0.25) is 9.88 Å². The van der Waals surface area contributed by atoms with Crippen LogP contribution in [0.2, 0.25) is 0 Å². The molecule has 2 aromatic heterocycles. The third-order valence-corrected chi connectivity index (χ3v) is 7.14. The Kier molecular flexibility index (Phi) is 8.36. The number of para-hydroxylation sites is 1. The molecular weight excluding hydrogens is 572 g/mol. The summed E-state index contributed by atoms with van der Waals surface area (Å²) in [6.45, 7) is 2.18. The fraction of sp³-hybridized carbons (Fsp3) is 0.300. The van der Waals surface area contributed by atoms with E-state index in [0.29, 0.717) is 17.7 Å². The van der Waals surface area contributed by atoms with Crippen LogP contribution in [0.1, 0.15) is 29.1 Å². The van der Waals surface area contributed by atoms with E-state index < -0.39 is 42.8 Å². The smallest absolute Gasteiger partial charge is 0.339 e. The Bertz CT molecular complexity index is 1680. The molecule has 14 heteroatoms. The van der Waals surface area contributed by atoms with Gasteiger partial charge in [0, 0.05) is 6.54 Å². The monoisotopic (exact) mass is 602 g/mol. The van der Waals surface area contributed by atoms with E-state index in [4.69, 9.17) is 23.7 Å². The average molecular weight is 603 g/mol. The van der Waals surface area contributed by atoms with Gasteiger partial charge in [-0.1, -0.05) is 42.5 Å². The van der Waals surface area contributed by atoms with Crippen molar-refractivity contribution in [2.75, 3.05) is 25.6 Å². The molecule has 5 atom stereocenters. The molecule has 44 heavy (non-hydrogen) atoms. The number of hydrogen-bond acceptors (Lipinski definition) is 10. The van der Waals surface area contributed by atoms with Crippen LogP contribution in [0.3, 0.4) is 0 Å². The largest absolute Gasteiger partial charge is 0.493 e. The number of imidazole rings is 1. The Balaban J connectivity index is 1.29. The zero-order chi connectivity index (χ0) is 30.6. The molecule has 6 rings (SSSR count). The first kappa shape index (κ1) is 29.0. The van der Waals surface area contributed by atoms with Gasteiger partial charge in [-0.2, -0.15) is 0 Å². The molecule has 2 aliphatic rings. The lowest BCUT2D eigenvalue weighted by atomic mass is 10.1. The lowest BCUT2D eigenvalue weighted by molar-refractivity contribution is -0.131. The molecule has 0 spiro atoms. The van der Waals surface area contributed by atoms with E-state index in [0.717, 1.165) is 5.56 Å². The number of nitrogens with one attached hydrogen (secondary N) is 2. The summed E-state index contributed by atoms with van der Waals surface area (Å²) in [5.74, 6) is -0.575. The molecule has 4 aromatic rings. The maximum Gasteiger partial charge on any atom is 0.339 e. The number of methoxy groups -OCH3 is 1. The van der Waals surface area contributed by atoms with Gasteiger partial charge in [-0.25, -0.2) is 24.5 Å². The van der Waals surface area contributed by atoms with Crippen molar-refractivity contribution in [3.63, 3.8) is 0 Å². The zero-order valence-electron chi connectivity index (χ0n) is 23.8. The summed E-state index contributed by atoms with van der Waals surface area (Å²) in [7, 11) is 1.44. The number of carbonyl (C=O) groups is 2. The van der Waals surface area contributed by atoms with Crippen LogP contribution in [0.5, 0.6) is 11.5 Å². The molecule has 3 N–H and O–H groups in total. The topological polar surface area (TPSA) is 168 Å². The second-order valence-electron chi connectivity index (χ2n) is 9.89. The van der Waals surface area contributed by atoms with E-state index in [9.17, 15) is 14.7 Å². The van der Waals surface area contributed by atoms with E-state index in [1.165, 1.54) is 25.8 Å². The Morgan fingerprint density at radius 2 is 1.86 bits per heavy atom. The van der Waals surface area contributed by atoms with Crippen molar-refractivity contribution in [1.29, 1.82) is 0 Å². The van der Waals surface area contributed by atoms with Gasteiger partial charge in [0.2, 0.25) is 0 Å². The lowest BCUT2D eigenvalue weighted by Gasteiger charge is -2.21. The number of nitrogens with zero attached hydrogens (tertiary/aromatic N) is 4. The van der Waals surface area contributed by atoms with E-state index >= 15 is 0 Å². The van der Waals surface area contributed by atoms with Gasteiger partial charge in [0.25, 0.3) is 0 Å². The minimum Gasteiger partial charge on any atom is -0.493 e. The third kappa shape index (κ3) is 5.77. The van der Waals surface area contributed by atoms with Crippen molar-refractivity contribution in [2.24, 2.45) is 0 Å². The van der Waals surface area contributed by atoms with Gasteiger partial charge >= 0.3 is 12.0 Å². The van der Waals surface area contributed by atoms with Crippen LogP contribution >= 0.6 is 0 Å². The molecule has 2 fully saturated rings. The summed E-state index contributed by atoms with van der Waals surface area (Å²) in [6, 6.07) is 13.9. The molecule has 0 bridgehead atoms. The Morgan fingerprint density at radius 1 is 1.05 bits per heavy atom. The van der Waals surface area contributed by atoms with Crippen LogP contribution < -0.4 is 20.1 Å². The minimum atomic E-state index is -1.16. The maximum atomic E-state index is 12.2. The van der Waals surface area contributed by atoms with Crippen molar-refractivity contribution >= 4 is 35.1 Å². The highest BCUT2D eigenvalue weighted by atomic mass is 16.8. The van der Waals surface area contributed by atoms with Gasteiger partial charge in [0.15, 0.2) is 41.0 Å². The van der Waals surface area contributed by atoms with Crippen molar-refractivity contribution in [1.82, 2.24) is 24.8 Å². The fourth-order valence-electron chi connectivity index (χ4n) is 5.16. The Morgan fingerprint density at radius 3 is 2.64 bits per heavy atom. The maximum absolute atomic E-state index is 12.2. The molecular formula is C30H30N6O8. The lowest BCUT2D eigenvalue weighted by Crippen LogP contribution is -2.33. The predicted molar refractivity (Wildman–Crippen MR) is 156 cm³/mol. The number of anilines is 1. The van der Waals surface area contributed by atoms with Crippen LogP contribution in [0.25, 0.3) is 17.2 Å². The van der Waals surface area contributed by atoms with Crippen LogP contribution in [0.15, 0.2) is 67.3 Å². The molecule has 228 valence electrons. The van der Waals surface area contributed by atoms with E-state index in [2.05, 4.69) is 25.6 Å². The van der Waals surface area contributed by atoms with Gasteiger partial charge in [-0.05, 0) is 30.7 Å². The standard InChI is InChI=1S/C30H30N6O8/c1-3-31-30(39)35-26-22-27(33-15-32-26)36(16-34-22)28-25-24(43-21(44-25)13-12-17-8-5-4-6-9-17)20(42-28)14-41-23-18(29(37)38)10-7-11-19(23)40-2/h4-13,15-16,20-21,24-25,28H,3,14H2,1-2H3,(H,37,38)(H2,31,32,33,35,39)/t20?,21-,24?,25?,28?/m0/s1. The molecule has 0 radical (unpaired) electrons. The first-order valence-electron chi connectivity index (χ1n) is 13.9. The quantitative estimate of drug-likeness (QED) is 0.243. The van der Waals surface area contributed by atoms with Crippen molar-refractivity contribution < 1.29 is 38.4 Å². The number of fused-ring (bicyclic) bond motifs is 2. The molecule has 2 aromatic carbocycles. The van der Waals surface area contributed by atoms with Crippen molar-refractivity contribution in [3.05, 3.63) is 78.4 Å². The van der Waals surface area contributed by atoms with E-state index in [1.807, 2.05) is 42.5 Å². The Hall–Kier alpha value is -5.05.